The summed E-state index contributed by atoms with van der Waals surface area (Å²) < 4.78 is 0. The summed E-state index contributed by atoms with van der Waals surface area (Å²) in [6.45, 7) is 0.820. The molecular formula is C14H26N2O. The summed E-state index contributed by atoms with van der Waals surface area (Å²) in [7, 11) is 2.28. The number of nitrogens with zero attached hydrogens (tertiary/aromatic N) is 1. The van der Waals surface area contributed by atoms with Crippen molar-refractivity contribution in [1.29, 1.82) is 0 Å². The molecule has 17 heavy (non-hydrogen) atoms. The third kappa shape index (κ3) is 2.38. The molecule has 2 aliphatic heterocycles. The zero-order valence-electron chi connectivity index (χ0n) is 11.0. The normalized spacial score (nSPS) is 40.9. The summed E-state index contributed by atoms with van der Waals surface area (Å²) in [5.74, 6) is 0. The van der Waals surface area contributed by atoms with E-state index in [2.05, 4.69) is 17.3 Å². The third-order valence-electron chi connectivity index (χ3n) is 5.35. The second-order valence-corrected chi connectivity index (χ2v) is 6.53. The third-order valence-corrected chi connectivity index (χ3v) is 5.35. The van der Waals surface area contributed by atoms with Crippen molar-refractivity contribution in [2.75, 3.05) is 13.6 Å². The van der Waals surface area contributed by atoms with Gasteiger partial charge in [-0.2, -0.15) is 0 Å². The second kappa shape index (κ2) is 4.52. The Morgan fingerprint density at radius 3 is 2.35 bits per heavy atom. The number of hydrogen-bond donors (Lipinski definition) is 2. The van der Waals surface area contributed by atoms with Gasteiger partial charge in [-0.05, 0) is 45.6 Å². The van der Waals surface area contributed by atoms with Gasteiger partial charge in [0.1, 0.15) is 0 Å². The highest BCUT2D eigenvalue weighted by atomic mass is 16.3. The summed E-state index contributed by atoms with van der Waals surface area (Å²) in [6.07, 6.45) is 9.73. The topological polar surface area (TPSA) is 35.5 Å². The van der Waals surface area contributed by atoms with Crippen LogP contribution in [0.3, 0.4) is 0 Å². The van der Waals surface area contributed by atoms with E-state index in [9.17, 15) is 5.11 Å². The minimum atomic E-state index is -0.387. The molecule has 1 aliphatic carbocycles. The van der Waals surface area contributed by atoms with Gasteiger partial charge in [0.15, 0.2) is 0 Å². The van der Waals surface area contributed by atoms with Crippen LogP contribution in [-0.4, -0.2) is 47.3 Å². The van der Waals surface area contributed by atoms with Crippen LogP contribution >= 0.6 is 0 Å². The van der Waals surface area contributed by atoms with Gasteiger partial charge in [-0.1, -0.05) is 12.8 Å². The number of rotatable bonds is 3. The predicted molar refractivity (Wildman–Crippen MR) is 69.0 cm³/mol. The average molecular weight is 238 g/mol. The molecule has 2 N–H and O–H groups in total. The van der Waals surface area contributed by atoms with Crippen molar-refractivity contribution in [3.8, 4) is 0 Å². The summed E-state index contributed by atoms with van der Waals surface area (Å²) in [5, 5.41) is 14.0. The van der Waals surface area contributed by atoms with E-state index in [-0.39, 0.29) is 5.60 Å². The van der Waals surface area contributed by atoms with Crippen molar-refractivity contribution in [3.05, 3.63) is 0 Å². The Hall–Kier alpha value is -0.120. The maximum Gasteiger partial charge on any atom is 0.0771 e. The number of nitrogens with one attached hydrogen (secondary N) is 1. The van der Waals surface area contributed by atoms with E-state index in [1.54, 1.807) is 0 Å². The van der Waals surface area contributed by atoms with E-state index in [1.165, 1.54) is 38.5 Å². The first-order chi connectivity index (χ1) is 8.16. The molecule has 0 aromatic heterocycles. The quantitative estimate of drug-likeness (QED) is 0.782. The minimum absolute atomic E-state index is 0.387. The van der Waals surface area contributed by atoms with Crippen molar-refractivity contribution in [2.45, 2.75) is 75.1 Å². The number of piperidine rings is 1. The molecule has 2 unspecified atom stereocenters. The SMILES string of the molecule is CN1C2CCC1CC(NCC1(O)CCCC1)C2. The highest BCUT2D eigenvalue weighted by Gasteiger charge is 2.39. The molecule has 2 atom stereocenters. The van der Waals surface area contributed by atoms with E-state index in [0.29, 0.717) is 6.04 Å². The van der Waals surface area contributed by atoms with E-state index in [4.69, 9.17) is 0 Å². The molecule has 2 bridgehead atoms. The molecule has 0 amide bonds. The van der Waals surface area contributed by atoms with Crippen LogP contribution in [0.4, 0.5) is 0 Å². The Morgan fingerprint density at radius 2 is 1.76 bits per heavy atom. The van der Waals surface area contributed by atoms with Gasteiger partial charge in [0.05, 0.1) is 5.60 Å². The van der Waals surface area contributed by atoms with Crippen LogP contribution in [-0.2, 0) is 0 Å². The zero-order valence-corrected chi connectivity index (χ0v) is 11.0. The fourth-order valence-electron chi connectivity index (χ4n) is 4.12. The Labute approximate surface area is 105 Å². The molecule has 1 saturated carbocycles. The molecule has 0 aromatic carbocycles. The van der Waals surface area contributed by atoms with Crippen LogP contribution < -0.4 is 5.32 Å². The average Bonchev–Trinajstić information content (AvgIpc) is 2.80. The molecular weight excluding hydrogens is 212 g/mol. The molecule has 3 rings (SSSR count). The van der Waals surface area contributed by atoms with Gasteiger partial charge in [0.25, 0.3) is 0 Å². The number of hydrogen-bond acceptors (Lipinski definition) is 3. The van der Waals surface area contributed by atoms with Crippen LogP contribution in [0.5, 0.6) is 0 Å². The zero-order chi connectivity index (χ0) is 11.9. The van der Waals surface area contributed by atoms with Crippen LogP contribution in [0, 0.1) is 0 Å². The summed E-state index contributed by atoms with van der Waals surface area (Å²) in [4.78, 5) is 2.57. The molecule has 3 aliphatic rings. The molecule has 2 heterocycles. The lowest BCUT2D eigenvalue weighted by Gasteiger charge is -2.38. The van der Waals surface area contributed by atoms with Crippen molar-refractivity contribution in [1.82, 2.24) is 10.2 Å². The Morgan fingerprint density at radius 1 is 1.18 bits per heavy atom. The smallest absolute Gasteiger partial charge is 0.0771 e. The van der Waals surface area contributed by atoms with Gasteiger partial charge >= 0.3 is 0 Å². The van der Waals surface area contributed by atoms with Gasteiger partial charge in [0.2, 0.25) is 0 Å². The Bertz CT molecular complexity index is 261. The minimum Gasteiger partial charge on any atom is -0.389 e. The van der Waals surface area contributed by atoms with Gasteiger partial charge in [0, 0.05) is 24.7 Å². The molecule has 3 fully saturated rings. The molecule has 3 nitrogen and oxygen atoms in total. The predicted octanol–water partition coefficient (Wildman–Crippen LogP) is 1.51. The van der Waals surface area contributed by atoms with Gasteiger partial charge in [-0.15, -0.1) is 0 Å². The lowest BCUT2D eigenvalue weighted by molar-refractivity contribution is 0.0391. The fraction of sp³-hybridized carbons (Fsp3) is 1.00. The van der Waals surface area contributed by atoms with Crippen LogP contribution in [0.1, 0.15) is 51.4 Å². The van der Waals surface area contributed by atoms with Crippen LogP contribution in [0.2, 0.25) is 0 Å². The maximum atomic E-state index is 10.3. The Kier molecular flexibility index (Phi) is 3.18. The van der Waals surface area contributed by atoms with Gasteiger partial charge in [-0.25, -0.2) is 0 Å². The van der Waals surface area contributed by atoms with E-state index < -0.39 is 0 Å². The molecule has 98 valence electrons. The van der Waals surface area contributed by atoms with Crippen molar-refractivity contribution >= 4 is 0 Å². The molecule has 0 spiro atoms. The first-order valence-corrected chi connectivity index (χ1v) is 7.34. The maximum absolute atomic E-state index is 10.3. The Balaban J connectivity index is 1.50. The van der Waals surface area contributed by atoms with E-state index >= 15 is 0 Å². The van der Waals surface area contributed by atoms with E-state index in [0.717, 1.165) is 31.5 Å². The molecule has 0 radical (unpaired) electrons. The first-order valence-electron chi connectivity index (χ1n) is 7.34. The monoisotopic (exact) mass is 238 g/mol. The highest BCUT2D eigenvalue weighted by molar-refractivity contribution is 4.97. The lowest BCUT2D eigenvalue weighted by Crippen LogP contribution is -2.50. The standard InChI is InChI=1S/C14H26N2O/c1-16-12-4-5-13(16)9-11(8-12)15-10-14(17)6-2-3-7-14/h11-13,15,17H,2-10H2,1H3. The lowest BCUT2D eigenvalue weighted by atomic mass is 9.96. The van der Waals surface area contributed by atoms with Crippen molar-refractivity contribution in [2.24, 2.45) is 0 Å². The van der Waals surface area contributed by atoms with Gasteiger partial charge < -0.3 is 15.3 Å². The van der Waals surface area contributed by atoms with Crippen LogP contribution in [0.25, 0.3) is 0 Å². The first kappa shape index (κ1) is 11.9. The number of aliphatic hydroxyl groups is 1. The van der Waals surface area contributed by atoms with Gasteiger partial charge in [-0.3, -0.25) is 0 Å². The summed E-state index contributed by atoms with van der Waals surface area (Å²) >= 11 is 0. The summed E-state index contributed by atoms with van der Waals surface area (Å²) in [5.41, 5.74) is -0.387. The fourth-order valence-corrected chi connectivity index (χ4v) is 4.12. The largest absolute Gasteiger partial charge is 0.389 e. The molecule has 2 saturated heterocycles. The second-order valence-electron chi connectivity index (χ2n) is 6.53. The van der Waals surface area contributed by atoms with Crippen LogP contribution in [0.15, 0.2) is 0 Å². The molecule has 0 aromatic rings. The number of fused-ring (bicyclic) bond motifs is 2. The van der Waals surface area contributed by atoms with Crippen molar-refractivity contribution < 1.29 is 5.11 Å². The van der Waals surface area contributed by atoms with E-state index in [1.807, 2.05) is 0 Å². The van der Waals surface area contributed by atoms with Crippen molar-refractivity contribution in [3.63, 3.8) is 0 Å². The summed E-state index contributed by atoms with van der Waals surface area (Å²) in [6, 6.07) is 2.24. The molecule has 3 heteroatoms. The highest BCUT2D eigenvalue weighted by Crippen LogP contribution is 2.35.